The van der Waals surface area contributed by atoms with Gasteiger partial charge in [0.1, 0.15) is 6.61 Å². The number of benzene rings is 1. The van der Waals surface area contributed by atoms with Crippen LogP contribution in [0.15, 0.2) is 24.3 Å². The van der Waals surface area contributed by atoms with E-state index < -0.39 is 0 Å². The lowest BCUT2D eigenvalue weighted by Gasteiger charge is -2.10. The molecule has 0 aliphatic rings. The average Bonchev–Trinajstić information content (AvgIpc) is 2.31. The molecule has 0 aliphatic carbocycles. The Morgan fingerprint density at radius 3 is 2.33 bits per heavy atom. The number of nitrogens with one attached hydrogen (secondary N) is 1. The predicted molar refractivity (Wildman–Crippen MR) is 69.3 cm³/mol. The monoisotopic (exact) mass is 250 g/mol. The summed E-state index contributed by atoms with van der Waals surface area (Å²) in [6.07, 6.45) is 0.360. The highest BCUT2D eigenvalue weighted by Crippen LogP contribution is 2.10. The zero-order chi connectivity index (χ0) is 13.5. The molecular formula is C13H18N2O3. The second kappa shape index (κ2) is 6.76. The second-order valence-corrected chi connectivity index (χ2v) is 4.14. The maximum Gasteiger partial charge on any atom is 0.250 e. The number of hydrogen-bond donors (Lipinski definition) is 1. The van der Waals surface area contributed by atoms with Crippen molar-refractivity contribution < 1.29 is 14.3 Å². The molecule has 0 unspecified atom stereocenters. The molecule has 1 aromatic rings. The Bertz CT molecular complexity index is 413. The number of likely N-dealkylation sites (N-methyl/N-ethyl adjacent to an activating group) is 1. The normalized spacial score (nSPS) is 9.94. The van der Waals surface area contributed by atoms with E-state index in [1.807, 2.05) is 12.1 Å². The number of amides is 2. The standard InChI is InChI=1S/C13H18N2O3/c1-15(2)13(17)8-10-4-6-11(7-5-10)14-12(16)9-18-3/h4-7H,8-9H2,1-3H3,(H,14,16). The van der Waals surface area contributed by atoms with Gasteiger partial charge in [0, 0.05) is 26.9 Å². The van der Waals surface area contributed by atoms with Crippen molar-refractivity contribution in [3.8, 4) is 0 Å². The molecule has 1 N–H and O–H groups in total. The van der Waals surface area contributed by atoms with Crippen LogP contribution in [0.25, 0.3) is 0 Å². The lowest BCUT2D eigenvalue weighted by molar-refractivity contribution is -0.128. The van der Waals surface area contributed by atoms with Crippen molar-refractivity contribution in [2.75, 3.05) is 33.1 Å². The first kappa shape index (κ1) is 14.2. The maximum absolute atomic E-state index is 11.5. The number of carbonyl (C=O) groups excluding carboxylic acids is 2. The van der Waals surface area contributed by atoms with Crippen LogP contribution in [0.4, 0.5) is 5.69 Å². The van der Waals surface area contributed by atoms with Crippen molar-refractivity contribution in [2.24, 2.45) is 0 Å². The summed E-state index contributed by atoms with van der Waals surface area (Å²) in [6.45, 7) is 0.0286. The summed E-state index contributed by atoms with van der Waals surface area (Å²) in [5, 5.41) is 2.69. The van der Waals surface area contributed by atoms with Crippen LogP contribution in [0.2, 0.25) is 0 Å². The minimum atomic E-state index is -0.199. The van der Waals surface area contributed by atoms with Gasteiger partial charge in [-0.15, -0.1) is 0 Å². The first-order valence-electron chi connectivity index (χ1n) is 5.61. The fourth-order valence-electron chi connectivity index (χ4n) is 1.37. The first-order chi connectivity index (χ1) is 8.52. The molecule has 0 heterocycles. The summed E-state index contributed by atoms with van der Waals surface area (Å²) in [5.41, 5.74) is 1.61. The van der Waals surface area contributed by atoms with Gasteiger partial charge in [0.2, 0.25) is 11.8 Å². The van der Waals surface area contributed by atoms with Crippen LogP contribution in [0.3, 0.4) is 0 Å². The summed E-state index contributed by atoms with van der Waals surface area (Å²) in [4.78, 5) is 24.3. The molecule has 5 heteroatoms. The molecule has 98 valence electrons. The molecule has 2 amide bonds. The van der Waals surface area contributed by atoms with Crippen molar-refractivity contribution in [3.05, 3.63) is 29.8 Å². The highest BCUT2D eigenvalue weighted by molar-refractivity contribution is 5.91. The number of rotatable bonds is 5. The van der Waals surface area contributed by atoms with E-state index in [0.29, 0.717) is 12.1 Å². The number of ether oxygens (including phenoxy) is 1. The Labute approximate surface area is 107 Å². The maximum atomic E-state index is 11.5. The van der Waals surface area contributed by atoms with E-state index in [1.54, 1.807) is 31.1 Å². The molecule has 1 rings (SSSR count). The number of nitrogens with zero attached hydrogens (tertiary/aromatic N) is 1. The van der Waals surface area contributed by atoms with E-state index in [-0.39, 0.29) is 18.4 Å². The molecule has 0 radical (unpaired) electrons. The third kappa shape index (κ3) is 4.55. The molecule has 0 fully saturated rings. The largest absolute Gasteiger partial charge is 0.375 e. The molecule has 0 aliphatic heterocycles. The Balaban J connectivity index is 2.57. The van der Waals surface area contributed by atoms with Crippen LogP contribution < -0.4 is 5.32 Å². The highest BCUT2D eigenvalue weighted by atomic mass is 16.5. The molecule has 0 bridgehead atoms. The third-order valence-corrected chi connectivity index (χ3v) is 2.37. The van der Waals surface area contributed by atoms with Gasteiger partial charge in [-0.2, -0.15) is 0 Å². The number of methoxy groups -OCH3 is 1. The van der Waals surface area contributed by atoms with Gasteiger partial charge in [0.25, 0.3) is 0 Å². The molecule has 0 saturated heterocycles. The number of anilines is 1. The van der Waals surface area contributed by atoms with E-state index in [4.69, 9.17) is 4.74 Å². The third-order valence-electron chi connectivity index (χ3n) is 2.37. The van der Waals surface area contributed by atoms with E-state index in [2.05, 4.69) is 5.32 Å². The topological polar surface area (TPSA) is 58.6 Å². The van der Waals surface area contributed by atoms with Gasteiger partial charge in [-0.3, -0.25) is 9.59 Å². The second-order valence-electron chi connectivity index (χ2n) is 4.14. The summed E-state index contributed by atoms with van der Waals surface area (Å²) >= 11 is 0. The number of carbonyl (C=O) groups is 2. The lowest BCUT2D eigenvalue weighted by atomic mass is 10.1. The van der Waals surface area contributed by atoms with E-state index >= 15 is 0 Å². The zero-order valence-electron chi connectivity index (χ0n) is 10.9. The molecule has 0 spiro atoms. The van der Waals surface area contributed by atoms with Crippen molar-refractivity contribution in [2.45, 2.75) is 6.42 Å². The summed E-state index contributed by atoms with van der Waals surface area (Å²) in [6, 6.07) is 7.19. The molecular weight excluding hydrogens is 232 g/mol. The van der Waals surface area contributed by atoms with E-state index in [9.17, 15) is 9.59 Å². The lowest BCUT2D eigenvalue weighted by Crippen LogP contribution is -2.23. The minimum absolute atomic E-state index is 0.0286. The van der Waals surface area contributed by atoms with Crippen molar-refractivity contribution in [1.29, 1.82) is 0 Å². The number of hydrogen-bond acceptors (Lipinski definition) is 3. The van der Waals surface area contributed by atoms with Crippen LogP contribution in [-0.4, -0.2) is 44.5 Å². The fourth-order valence-corrected chi connectivity index (χ4v) is 1.37. The molecule has 0 saturated carbocycles. The van der Waals surface area contributed by atoms with E-state index in [0.717, 1.165) is 5.56 Å². The van der Waals surface area contributed by atoms with Crippen molar-refractivity contribution in [1.82, 2.24) is 4.90 Å². The molecule has 0 atom stereocenters. The van der Waals surface area contributed by atoms with Gasteiger partial charge < -0.3 is 15.0 Å². The van der Waals surface area contributed by atoms with Gasteiger partial charge in [-0.05, 0) is 17.7 Å². The Morgan fingerprint density at radius 1 is 1.22 bits per heavy atom. The van der Waals surface area contributed by atoms with Crippen LogP contribution in [0, 0.1) is 0 Å². The summed E-state index contributed by atoms with van der Waals surface area (Å²) in [7, 11) is 4.92. The predicted octanol–water partition coefficient (Wildman–Crippen LogP) is 0.902. The molecule has 1 aromatic carbocycles. The summed E-state index contributed by atoms with van der Waals surface area (Å²) in [5.74, 6) is -0.152. The van der Waals surface area contributed by atoms with Gasteiger partial charge in [-0.25, -0.2) is 0 Å². The molecule has 18 heavy (non-hydrogen) atoms. The van der Waals surface area contributed by atoms with Crippen LogP contribution in [-0.2, 0) is 20.7 Å². The molecule has 5 nitrogen and oxygen atoms in total. The van der Waals surface area contributed by atoms with Gasteiger partial charge >= 0.3 is 0 Å². The Morgan fingerprint density at radius 2 is 1.83 bits per heavy atom. The average molecular weight is 250 g/mol. The highest BCUT2D eigenvalue weighted by Gasteiger charge is 2.06. The SMILES string of the molecule is COCC(=O)Nc1ccc(CC(=O)N(C)C)cc1. The van der Waals surface area contributed by atoms with Crippen LogP contribution >= 0.6 is 0 Å². The van der Waals surface area contributed by atoms with Crippen molar-refractivity contribution >= 4 is 17.5 Å². The fraction of sp³-hybridized carbons (Fsp3) is 0.385. The Kier molecular flexibility index (Phi) is 5.32. The quantitative estimate of drug-likeness (QED) is 0.844. The molecule has 0 aromatic heterocycles. The first-order valence-corrected chi connectivity index (χ1v) is 5.61. The smallest absolute Gasteiger partial charge is 0.250 e. The van der Waals surface area contributed by atoms with Crippen LogP contribution in [0.1, 0.15) is 5.56 Å². The Hall–Kier alpha value is -1.88. The van der Waals surface area contributed by atoms with Crippen LogP contribution in [0.5, 0.6) is 0 Å². The van der Waals surface area contributed by atoms with E-state index in [1.165, 1.54) is 7.11 Å². The van der Waals surface area contributed by atoms with Gasteiger partial charge in [0.15, 0.2) is 0 Å². The van der Waals surface area contributed by atoms with Gasteiger partial charge in [-0.1, -0.05) is 12.1 Å². The van der Waals surface area contributed by atoms with Crippen molar-refractivity contribution in [3.63, 3.8) is 0 Å². The van der Waals surface area contributed by atoms with Gasteiger partial charge in [0.05, 0.1) is 6.42 Å². The summed E-state index contributed by atoms with van der Waals surface area (Å²) < 4.78 is 4.72. The minimum Gasteiger partial charge on any atom is -0.375 e. The zero-order valence-corrected chi connectivity index (χ0v) is 10.9.